The minimum atomic E-state index is -0.378. The second kappa shape index (κ2) is 6.44. The Morgan fingerprint density at radius 1 is 1.20 bits per heavy atom. The lowest BCUT2D eigenvalue weighted by Gasteiger charge is -2.31. The number of hydrogen-bond acceptors (Lipinski definition) is 3. The first-order valence-corrected chi connectivity index (χ1v) is 8.14. The van der Waals surface area contributed by atoms with E-state index in [9.17, 15) is 4.79 Å². The molecule has 0 aliphatic carbocycles. The molecule has 0 saturated carbocycles. The maximum Gasteiger partial charge on any atom is 0.240 e. The molecule has 0 aromatic rings. The van der Waals surface area contributed by atoms with Crippen LogP contribution in [0.2, 0.25) is 0 Å². The zero-order valence-electron chi connectivity index (χ0n) is 13.4. The molecule has 0 spiro atoms. The van der Waals surface area contributed by atoms with Crippen LogP contribution in [0.15, 0.2) is 0 Å². The van der Waals surface area contributed by atoms with Crippen molar-refractivity contribution in [1.29, 1.82) is 0 Å². The number of piperidine rings is 1. The summed E-state index contributed by atoms with van der Waals surface area (Å²) in [6, 6.07) is -0.378. The van der Waals surface area contributed by atoms with E-state index in [0.29, 0.717) is 5.92 Å². The number of nitrogens with two attached hydrogens (primary N) is 1. The van der Waals surface area contributed by atoms with E-state index in [1.54, 1.807) is 0 Å². The third-order valence-corrected chi connectivity index (χ3v) is 4.76. The molecule has 2 aliphatic heterocycles. The summed E-state index contributed by atoms with van der Waals surface area (Å²) in [6.45, 7) is 11.6. The molecule has 2 rings (SSSR count). The van der Waals surface area contributed by atoms with E-state index >= 15 is 0 Å². The van der Waals surface area contributed by atoms with Crippen LogP contribution in [-0.2, 0) is 4.79 Å². The van der Waals surface area contributed by atoms with Crippen molar-refractivity contribution in [1.82, 2.24) is 9.80 Å². The van der Waals surface area contributed by atoms with Gasteiger partial charge in [0.25, 0.3) is 0 Å². The summed E-state index contributed by atoms with van der Waals surface area (Å²) in [5, 5.41) is 0. The lowest BCUT2D eigenvalue weighted by Crippen LogP contribution is -2.50. The monoisotopic (exact) mass is 281 g/mol. The van der Waals surface area contributed by atoms with Crippen molar-refractivity contribution in [3.8, 4) is 0 Å². The summed E-state index contributed by atoms with van der Waals surface area (Å²) in [6.07, 6.45) is 5.19. The van der Waals surface area contributed by atoms with Gasteiger partial charge < -0.3 is 15.5 Å². The van der Waals surface area contributed by atoms with Crippen molar-refractivity contribution in [3.63, 3.8) is 0 Å². The van der Waals surface area contributed by atoms with Gasteiger partial charge in [-0.15, -0.1) is 0 Å². The quantitative estimate of drug-likeness (QED) is 0.856. The fourth-order valence-electron chi connectivity index (χ4n) is 3.26. The van der Waals surface area contributed by atoms with Gasteiger partial charge in [-0.1, -0.05) is 27.2 Å². The Morgan fingerprint density at radius 2 is 1.85 bits per heavy atom. The van der Waals surface area contributed by atoms with Crippen molar-refractivity contribution < 1.29 is 4.79 Å². The molecule has 0 aromatic heterocycles. The van der Waals surface area contributed by atoms with Crippen molar-refractivity contribution >= 4 is 5.91 Å². The van der Waals surface area contributed by atoms with Gasteiger partial charge in [-0.3, -0.25) is 4.79 Å². The van der Waals surface area contributed by atoms with Crippen LogP contribution >= 0.6 is 0 Å². The Bertz CT molecular complexity index is 331. The predicted molar refractivity (Wildman–Crippen MR) is 82.4 cm³/mol. The van der Waals surface area contributed by atoms with Crippen molar-refractivity contribution in [2.45, 2.75) is 52.5 Å². The van der Waals surface area contributed by atoms with Crippen molar-refractivity contribution in [3.05, 3.63) is 0 Å². The number of nitrogens with zero attached hydrogens (tertiary/aromatic N) is 2. The van der Waals surface area contributed by atoms with E-state index in [1.807, 2.05) is 25.7 Å². The minimum absolute atomic E-state index is 0.138. The Morgan fingerprint density at radius 3 is 2.45 bits per heavy atom. The van der Waals surface area contributed by atoms with Gasteiger partial charge in [0.05, 0.1) is 6.04 Å². The van der Waals surface area contributed by atoms with Gasteiger partial charge in [-0.05, 0) is 43.7 Å². The predicted octanol–water partition coefficient (Wildman–Crippen LogP) is 1.69. The maximum absolute atomic E-state index is 12.4. The molecule has 20 heavy (non-hydrogen) atoms. The summed E-state index contributed by atoms with van der Waals surface area (Å²) in [4.78, 5) is 17.0. The van der Waals surface area contributed by atoms with Crippen LogP contribution < -0.4 is 5.73 Å². The first-order valence-electron chi connectivity index (χ1n) is 8.14. The SMILES string of the molecule is CC(C)(C)[C@H](N)C(=O)N1CCC(CN2CCCCC2)C1. The molecule has 0 aromatic carbocycles. The summed E-state index contributed by atoms with van der Waals surface area (Å²) in [5.41, 5.74) is 5.95. The van der Waals surface area contributed by atoms with Gasteiger partial charge in [-0.2, -0.15) is 0 Å². The highest BCUT2D eigenvalue weighted by atomic mass is 16.2. The zero-order valence-corrected chi connectivity index (χ0v) is 13.4. The summed E-state index contributed by atoms with van der Waals surface area (Å²) >= 11 is 0. The standard InChI is InChI=1S/C16H31N3O/c1-16(2,3)14(17)15(20)19-10-7-13(12-19)11-18-8-5-4-6-9-18/h13-14H,4-12,17H2,1-3H3/t13?,14-/m1/s1. The fourth-order valence-corrected chi connectivity index (χ4v) is 3.26. The smallest absolute Gasteiger partial charge is 0.240 e. The second-order valence-corrected chi connectivity index (χ2v) is 7.64. The van der Waals surface area contributed by atoms with E-state index in [0.717, 1.165) is 26.1 Å². The van der Waals surface area contributed by atoms with Crippen LogP contribution in [0.25, 0.3) is 0 Å². The molecule has 4 nitrogen and oxygen atoms in total. The Hall–Kier alpha value is -0.610. The normalized spacial score (nSPS) is 26.8. The molecule has 2 N–H and O–H groups in total. The highest BCUT2D eigenvalue weighted by Gasteiger charge is 2.35. The highest BCUT2D eigenvalue weighted by Crippen LogP contribution is 2.24. The molecular weight excluding hydrogens is 250 g/mol. The molecule has 0 bridgehead atoms. The van der Waals surface area contributed by atoms with E-state index in [-0.39, 0.29) is 17.4 Å². The Labute approximate surface area is 123 Å². The first-order chi connectivity index (χ1) is 9.38. The number of carbonyl (C=O) groups is 1. The van der Waals surface area contributed by atoms with Crippen LogP contribution in [0, 0.1) is 11.3 Å². The molecule has 2 aliphatic rings. The molecule has 2 saturated heterocycles. The molecule has 2 atom stereocenters. The van der Waals surface area contributed by atoms with Crippen LogP contribution in [0.1, 0.15) is 46.5 Å². The fraction of sp³-hybridized carbons (Fsp3) is 0.938. The van der Waals surface area contributed by atoms with Crippen molar-refractivity contribution in [2.75, 3.05) is 32.7 Å². The Balaban J connectivity index is 1.81. The minimum Gasteiger partial charge on any atom is -0.341 e. The van der Waals surface area contributed by atoms with Crippen molar-refractivity contribution in [2.24, 2.45) is 17.1 Å². The third kappa shape index (κ3) is 3.95. The average Bonchev–Trinajstić information content (AvgIpc) is 2.85. The van der Waals surface area contributed by atoms with Gasteiger partial charge in [-0.25, -0.2) is 0 Å². The van der Waals surface area contributed by atoms with E-state index in [1.165, 1.54) is 32.4 Å². The van der Waals surface area contributed by atoms with E-state index < -0.39 is 0 Å². The zero-order chi connectivity index (χ0) is 14.8. The van der Waals surface area contributed by atoms with Gasteiger partial charge in [0, 0.05) is 19.6 Å². The first kappa shape index (κ1) is 15.8. The summed E-state index contributed by atoms with van der Waals surface area (Å²) in [5.74, 6) is 0.780. The molecular formula is C16H31N3O. The molecule has 4 heteroatoms. The molecule has 116 valence electrons. The number of hydrogen-bond donors (Lipinski definition) is 1. The number of carbonyl (C=O) groups excluding carboxylic acids is 1. The summed E-state index contributed by atoms with van der Waals surface area (Å²) in [7, 11) is 0. The average molecular weight is 281 g/mol. The lowest BCUT2D eigenvalue weighted by atomic mass is 9.86. The number of likely N-dealkylation sites (tertiary alicyclic amines) is 2. The molecule has 1 amide bonds. The van der Waals surface area contributed by atoms with E-state index in [2.05, 4.69) is 4.90 Å². The topological polar surface area (TPSA) is 49.6 Å². The van der Waals surface area contributed by atoms with Gasteiger partial charge in [0.2, 0.25) is 5.91 Å². The lowest BCUT2D eigenvalue weighted by molar-refractivity contribution is -0.134. The van der Waals surface area contributed by atoms with Gasteiger partial charge in [0.15, 0.2) is 0 Å². The van der Waals surface area contributed by atoms with Crippen LogP contribution in [-0.4, -0.2) is 54.5 Å². The second-order valence-electron chi connectivity index (χ2n) is 7.64. The largest absolute Gasteiger partial charge is 0.341 e. The maximum atomic E-state index is 12.4. The Kier molecular flexibility index (Phi) is 5.08. The van der Waals surface area contributed by atoms with Crippen LogP contribution in [0.3, 0.4) is 0 Å². The van der Waals surface area contributed by atoms with Crippen LogP contribution in [0.5, 0.6) is 0 Å². The highest BCUT2D eigenvalue weighted by molar-refractivity contribution is 5.82. The molecule has 0 radical (unpaired) electrons. The van der Waals surface area contributed by atoms with Gasteiger partial charge >= 0.3 is 0 Å². The molecule has 1 unspecified atom stereocenters. The molecule has 2 heterocycles. The van der Waals surface area contributed by atoms with Gasteiger partial charge in [0.1, 0.15) is 0 Å². The molecule has 2 fully saturated rings. The van der Waals surface area contributed by atoms with Crippen LogP contribution in [0.4, 0.5) is 0 Å². The summed E-state index contributed by atoms with van der Waals surface area (Å²) < 4.78 is 0. The third-order valence-electron chi connectivity index (χ3n) is 4.76. The van der Waals surface area contributed by atoms with E-state index in [4.69, 9.17) is 5.73 Å². The number of amides is 1. The number of rotatable bonds is 3.